The maximum Gasteiger partial charge on any atom is 0.515 e. The Bertz CT molecular complexity index is 1030. The van der Waals surface area contributed by atoms with Gasteiger partial charge in [0.25, 0.3) is 0 Å². The summed E-state index contributed by atoms with van der Waals surface area (Å²) in [7, 11) is 0. The van der Waals surface area contributed by atoms with Gasteiger partial charge in [-0.1, -0.05) is 0 Å². The number of phenols is 1. The van der Waals surface area contributed by atoms with Gasteiger partial charge < -0.3 is 24.2 Å². The zero-order valence-electron chi connectivity index (χ0n) is 18.3. The molecule has 1 aliphatic carbocycles. The third kappa shape index (κ3) is 5.76. The molecule has 33 heavy (non-hydrogen) atoms. The Morgan fingerprint density at radius 1 is 1.27 bits per heavy atom. The number of hydrogen-bond acceptors (Lipinski definition) is 10. The summed E-state index contributed by atoms with van der Waals surface area (Å²) in [6.45, 7) is 5.90. The Kier molecular flexibility index (Phi) is 7.95. The average Bonchev–Trinajstić information content (AvgIpc) is 3.54. The number of nitriles is 1. The number of carbonyl (C=O) groups excluding carboxylic acids is 3. The Balaban J connectivity index is 2.39. The second-order valence-corrected chi connectivity index (χ2v) is 6.95. The molecule has 0 unspecified atom stereocenters. The topological polar surface area (TPSA) is 169 Å². The first-order valence-electron chi connectivity index (χ1n) is 10.1. The SMILES string of the molecule is CCOC(=O)C1(OC(=O)Oc2cc(C(C#N)=CC(=O)N(CC)CC)cc([N+](=O)[O-])c2O)CC1. The molecule has 1 amide bonds. The highest BCUT2D eigenvalue weighted by Gasteiger charge is 2.56. The van der Waals surface area contributed by atoms with E-state index in [-0.39, 0.29) is 30.6 Å². The molecular formula is C21H23N3O9. The molecule has 0 aromatic heterocycles. The monoisotopic (exact) mass is 461 g/mol. The van der Waals surface area contributed by atoms with Gasteiger partial charge in [0.1, 0.15) is 0 Å². The van der Waals surface area contributed by atoms with Crippen LogP contribution in [0.5, 0.6) is 11.5 Å². The highest BCUT2D eigenvalue weighted by atomic mass is 16.7. The van der Waals surface area contributed by atoms with Crippen molar-refractivity contribution in [1.82, 2.24) is 4.90 Å². The Morgan fingerprint density at radius 2 is 1.91 bits per heavy atom. The van der Waals surface area contributed by atoms with Crippen molar-refractivity contribution in [2.45, 2.75) is 39.2 Å². The molecule has 1 aromatic rings. The Labute approximate surface area is 189 Å². The fourth-order valence-corrected chi connectivity index (χ4v) is 2.89. The molecule has 176 valence electrons. The van der Waals surface area contributed by atoms with Gasteiger partial charge in [-0.3, -0.25) is 14.9 Å². The number of allylic oxidation sites excluding steroid dienone is 1. The highest BCUT2D eigenvalue weighted by Crippen LogP contribution is 2.43. The van der Waals surface area contributed by atoms with E-state index in [9.17, 15) is 34.9 Å². The minimum Gasteiger partial charge on any atom is -0.499 e. The third-order valence-corrected chi connectivity index (χ3v) is 4.85. The number of rotatable bonds is 9. The van der Waals surface area contributed by atoms with Crippen LogP contribution in [0.15, 0.2) is 18.2 Å². The molecule has 0 heterocycles. The zero-order chi connectivity index (χ0) is 24.8. The van der Waals surface area contributed by atoms with Gasteiger partial charge in [0.15, 0.2) is 5.75 Å². The second kappa shape index (κ2) is 10.4. The molecule has 0 spiro atoms. The van der Waals surface area contributed by atoms with Crippen LogP contribution >= 0.6 is 0 Å². The van der Waals surface area contributed by atoms with Crippen molar-refractivity contribution in [3.8, 4) is 17.6 Å². The van der Waals surface area contributed by atoms with Crippen LogP contribution < -0.4 is 4.74 Å². The lowest BCUT2D eigenvalue weighted by Gasteiger charge is -2.16. The number of phenolic OH excluding ortho intramolecular Hbond substituents is 1. The molecule has 12 heteroatoms. The molecule has 0 saturated heterocycles. The van der Waals surface area contributed by atoms with Crippen LogP contribution in [0.25, 0.3) is 5.57 Å². The van der Waals surface area contributed by atoms with E-state index in [1.165, 1.54) is 4.90 Å². The number of benzene rings is 1. The molecule has 12 nitrogen and oxygen atoms in total. The van der Waals surface area contributed by atoms with Gasteiger partial charge in [0.2, 0.25) is 17.3 Å². The van der Waals surface area contributed by atoms with Crippen LogP contribution in [-0.4, -0.2) is 58.3 Å². The summed E-state index contributed by atoms with van der Waals surface area (Å²) >= 11 is 0. The number of aromatic hydroxyl groups is 1. The molecule has 1 aromatic carbocycles. The van der Waals surface area contributed by atoms with Crippen LogP contribution in [0, 0.1) is 21.4 Å². The summed E-state index contributed by atoms with van der Waals surface area (Å²) < 4.78 is 14.8. The summed E-state index contributed by atoms with van der Waals surface area (Å²) in [5.41, 5.74) is -2.76. The van der Waals surface area contributed by atoms with E-state index in [0.29, 0.717) is 13.1 Å². The van der Waals surface area contributed by atoms with Crippen molar-refractivity contribution in [3.63, 3.8) is 0 Å². The van der Waals surface area contributed by atoms with E-state index in [1.54, 1.807) is 26.8 Å². The Morgan fingerprint density at radius 3 is 2.39 bits per heavy atom. The molecule has 1 fully saturated rings. The minimum atomic E-state index is -1.50. The van der Waals surface area contributed by atoms with Crippen LogP contribution in [0.2, 0.25) is 0 Å². The number of esters is 1. The van der Waals surface area contributed by atoms with Gasteiger partial charge in [-0.25, -0.2) is 9.59 Å². The molecular weight excluding hydrogens is 438 g/mol. The van der Waals surface area contributed by atoms with E-state index in [2.05, 4.69) is 0 Å². The van der Waals surface area contributed by atoms with E-state index in [4.69, 9.17) is 14.2 Å². The standard InChI is InChI=1S/C21H23N3O9/c1-4-23(5-2)17(25)11-14(12-22)13-9-15(24(29)30)18(26)16(10-13)32-20(28)33-21(7-8-21)19(27)31-6-3/h9-11,26H,4-8H2,1-3H3. The van der Waals surface area contributed by atoms with E-state index >= 15 is 0 Å². The van der Waals surface area contributed by atoms with Gasteiger partial charge in [-0.05, 0) is 26.8 Å². The lowest BCUT2D eigenvalue weighted by Crippen LogP contribution is -2.32. The normalized spacial score (nSPS) is 13.9. The largest absolute Gasteiger partial charge is 0.515 e. The summed E-state index contributed by atoms with van der Waals surface area (Å²) in [5.74, 6) is -2.93. The van der Waals surface area contributed by atoms with Gasteiger partial charge >= 0.3 is 17.8 Å². The molecule has 1 N–H and O–H groups in total. The molecule has 0 radical (unpaired) electrons. The van der Waals surface area contributed by atoms with E-state index in [0.717, 1.165) is 18.2 Å². The quantitative estimate of drug-likeness (QED) is 0.144. The summed E-state index contributed by atoms with van der Waals surface area (Å²) in [4.78, 5) is 48.4. The van der Waals surface area contributed by atoms with Crippen LogP contribution in [0.4, 0.5) is 10.5 Å². The zero-order valence-corrected chi connectivity index (χ0v) is 18.3. The first kappa shape index (κ1) is 25.1. The van der Waals surface area contributed by atoms with E-state index in [1.807, 2.05) is 0 Å². The number of nitro groups is 1. The van der Waals surface area contributed by atoms with Crippen molar-refractivity contribution in [3.05, 3.63) is 33.9 Å². The summed E-state index contributed by atoms with van der Waals surface area (Å²) in [5, 5.41) is 31.1. The van der Waals surface area contributed by atoms with Gasteiger partial charge in [-0.15, -0.1) is 0 Å². The fourth-order valence-electron chi connectivity index (χ4n) is 2.89. The molecule has 0 bridgehead atoms. The van der Waals surface area contributed by atoms with Gasteiger partial charge in [0.05, 0.1) is 23.2 Å². The number of hydrogen-bond donors (Lipinski definition) is 1. The molecule has 1 saturated carbocycles. The number of ether oxygens (including phenoxy) is 3. The van der Waals surface area contributed by atoms with Crippen LogP contribution in [0.1, 0.15) is 39.2 Å². The second-order valence-electron chi connectivity index (χ2n) is 6.95. The smallest absolute Gasteiger partial charge is 0.499 e. The first-order chi connectivity index (χ1) is 15.6. The molecule has 1 aliphatic rings. The van der Waals surface area contributed by atoms with Crippen LogP contribution in [0.3, 0.4) is 0 Å². The number of nitrogens with zero attached hydrogens (tertiary/aromatic N) is 3. The molecule has 2 rings (SSSR count). The Hall–Kier alpha value is -4.14. The maximum atomic E-state index is 12.3. The predicted molar refractivity (Wildman–Crippen MR) is 112 cm³/mol. The number of likely N-dealkylation sites (N-methyl/N-ethyl adjacent to an activating group) is 1. The third-order valence-electron chi connectivity index (χ3n) is 4.85. The molecule has 0 atom stereocenters. The number of carbonyl (C=O) groups is 3. The predicted octanol–water partition coefficient (Wildman–Crippen LogP) is 2.69. The van der Waals surface area contributed by atoms with Crippen molar-refractivity contribution >= 4 is 29.3 Å². The van der Waals surface area contributed by atoms with Crippen LogP contribution in [-0.2, 0) is 19.1 Å². The highest BCUT2D eigenvalue weighted by molar-refractivity contribution is 5.99. The minimum absolute atomic E-state index is 0.0729. The maximum absolute atomic E-state index is 12.3. The van der Waals surface area contributed by atoms with Crippen molar-refractivity contribution in [2.24, 2.45) is 0 Å². The fraction of sp³-hybridized carbons (Fsp3) is 0.429. The van der Waals surface area contributed by atoms with E-state index < -0.39 is 45.7 Å². The summed E-state index contributed by atoms with van der Waals surface area (Å²) in [6.07, 6.45) is 0.0126. The first-order valence-corrected chi connectivity index (χ1v) is 10.1. The lowest BCUT2D eigenvalue weighted by molar-refractivity contribution is -0.385. The molecule has 0 aliphatic heterocycles. The lowest BCUT2D eigenvalue weighted by atomic mass is 10.0. The van der Waals surface area contributed by atoms with Crippen molar-refractivity contribution in [2.75, 3.05) is 19.7 Å². The summed E-state index contributed by atoms with van der Waals surface area (Å²) in [6, 6.07) is 3.63. The number of nitro benzene ring substituents is 1. The van der Waals surface area contributed by atoms with Crippen molar-refractivity contribution in [1.29, 1.82) is 5.26 Å². The number of amides is 1. The van der Waals surface area contributed by atoms with Gasteiger partial charge in [0, 0.05) is 43.6 Å². The van der Waals surface area contributed by atoms with Gasteiger partial charge in [-0.2, -0.15) is 5.26 Å². The average molecular weight is 461 g/mol. The van der Waals surface area contributed by atoms with Crippen molar-refractivity contribution < 1.29 is 38.6 Å².